The monoisotopic (exact) mass is 423 g/mol. The van der Waals surface area contributed by atoms with Crippen LogP contribution in [-0.4, -0.2) is 53.0 Å². The highest BCUT2D eigenvalue weighted by atomic mass is 32.2. The lowest BCUT2D eigenvalue weighted by atomic mass is 10.2. The van der Waals surface area contributed by atoms with Gasteiger partial charge in [-0.2, -0.15) is 0 Å². The van der Waals surface area contributed by atoms with Gasteiger partial charge in [-0.3, -0.25) is 4.79 Å². The van der Waals surface area contributed by atoms with Gasteiger partial charge in [0.05, 0.1) is 24.1 Å². The predicted octanol–water partition coefficient (Wildman–Crippen LogP) is 2.94. The lowest BCUT2D eigenvalue weighted by Gasteiger charge is -2.25. The fourth-order valence-corrected chi connectivity index (χ4v) is 3.89. The maximum Gasteiger partial charge on any atom is 0.146 e. The number of anilines is 1. The Labute approximate surface area is 176 Å². The van der Waals surface area contributed by atoms with Crippen molar-refractivity contribution in [3.63, 3.8) is 0 Å². The van der Waals surface area contributed by atoms with Crippen LogP contribution >= 0.6 is 11.9 Å². The molecule has 0 heterocycles. The molecule has 1 atom stereocenters. The molecular formula is C21H30FN3O3S. The molecule has 1 aliphatic rings. The molecular weight excluding hydrogens is 393 g/mol. The van der Waals surface area contributed by atoms with Crippen LogP contribution in [0.5, 0.6) is 0 Å². The molecule has 0 bridgehead atoms. The van der Waals surface area contributed by atoms with Crippen LogP contribution in [0.3, 0.4) is 0 Å². The van der Waals surface area contributed by atoms with E-state index in [-0.39, 0.29) is 17.2 Å². The molecule has 0 saturated heterocycles. The molecule has 1 aromatic carbocycles. The number of hydrogen-bond acceptors (Lipinski definition) is 7. The fraction of sp³-hybridized carbons (Fsp3) is 0.476. The van der Waals surface area contributed by atoms with E-state index in [4.69, 9.17) is 5.11 Å². The van der Waals surface area contributed by atoms with E-state index in [9.17, 15) is 14.3 Å². The number of aliphatic hydroxyl groups is 2. The first-order valence-corrected chi connectivity index (χ1v) is 10.3. The Morgan fingerprint density at radius 2 is 2.10 bits per heavy atom. The molecule has 160 valence electrons. The molecule has 1 unspecified atom stereocenters. The van der Waals surface area contributed by atoms with Crippen molar-refractivity contribution in [3.05, 3.63) is 52.7 Å². The van der Waals surface area contributed by atoms with Crippen molar-refractivity contribution in [3.8, 4) is 0 Å². The van der Waals surface area contributed by atoms with Crippen molar-refractivity contribution in [2.75, 3.05) is 26.0 Å². The Balaban J connectivity index is 2.32. The highest BCUT2D eigenvalue weighted by molar-refractivity contribution is 7.99. The normalized spacial score (nSPS) is 17.3. The molecule has 1 aliphatic carbocycles. The largest absolute Gasteiger partial charge is 0.394 e. The van der Waals surface area contributed by atoms with Crippen LogP contribution in [-0.2, 0) is 4.79 Å². The van der Waals surface area contributed by atoms with Crippen LogP contribution in [0, 0.1) is 12.7 Å². The number of carbonyl (C=O) groups excluding carboxylic acids is 1. The van der Waals surface area contributed by atoms with Crippen LogP contribution in [0.15, 0.2) is 41.4 Å². The summed E-state index contributed by atoms with van der Waals surface area (Å²) in [6, 6.07) is 4.96. The van der Waals surface area contributed by atoms with Gasteiger partial charge < -0.3 is 25.2 Å². The standard InChI is InChI=1S/C21H30FN3O3S/c1-14-5-6-18(17(22)9-14)23-20(25(3)4)19(10-15(2)12-26)24-29-21(7-8-21)11-16(28)13-27/h5-6,9-10,12,16,23-24,27-28H,7-8,11,13H2,1-4H3/b15-10-,20-19+. The highest BCUT2D eigenvalue weighted by Crippen LogP contribution is 2.51. The summed E-state index contributed by atoms with van der Waals surface area (Å²) in [6.07, 6.45) is 4.01. The van der Waals surface area contributed by atoms with Gasteiger partial charge in [0.25, 0.3) is 0 Å². The van der Waals surface area contributed by atoms with Crippen LogP contribution in [0.1, 0.15) is 31.7 Å². The van der Waals surface area contributed by atoms with E-state index >= 15 is 0 Å². The number of halogens is 1. The van der Waals surface area contributed by atoms with E-state index in [1.807, 2.05) is 27.1 Å². The van der Waals surface area contributed by atoms with E-state index in [2.05, 4.69) is 10.0 Å². The van der Waals surface area contributed by atoms with Gasteiger partial charge in [-0.15, -0.1) is 0 Å². The fourth-order valence-electron chi connectivity index (χ4n) is 2.82. The van der Waals surface area contributed by atoms with Crippen molar-refractivity contribution in [2.24, 2.45) is 0 Å². The summed E-state index contributed by atoms with van der Waals surface area (Å²) in [5, 5.41) is 22.1. The summed E-state index contributed by atoms with van der Waals surface area (Å²) in [5.74, 6) is 0.233. The van der Waals surface area contributed by atoms with Crippen molar-refractivity contribution in [1.29, 1.82) is 0 Å². The maximum absolute atomic E-state index is 14.4. The van der Waals surface area contributed by atoms with Crippen LogP contribution < -0.4 is 10.0 Å². The first-order chi connectivity index (χ1) is 13.7. The second-order valence-corrected chi connectivity index (χ2v) is 8.97. The number of aldehydes is 1. The first-order valence-electron chi connectivity index (χ1n) is 9.51. The minimum Gasteiger partial charge on any atom is -0.394 e. The Morgan fingerprint density at radius 1 is 1.41 bits per heavy atom. The summed E-state index contributed by atoms with van der Waals surface area (Å²) in [6.45, 7) is 3.25. The molecule has 4 N–H and O–H groups in total. The van der Waals surface area contributed by atoms with Crippen LogP contribution in [0.25, 0.3) is 0 Å². The van der Waals surface area contributed by atoms with E-state index < -0.39 is 6.10 Å². The van der Waals surface area contributed by atoms with Gasteiger partial charge >= 0.3 is 0 Å². The highest BCUT2D eigenvalue weighted by Gasteiger charge is 2.45. The van der Waals surface area contributed by atoms with Crippen molar-refractivity contribution in [1.82, 2.24) is 9.62 Å². The summed E-state index contributed by atoms with van der Waals surface area (Å²) in [4.78, 5) is 13.0. The zero-order valence-electron chi connectivity index (χ0n) is 17.3. The van der Waals surface area contributed by atoms with Gasteiger partial charge in [-0.1, -0.05) is 6.07 Å². The van der Waals surface area contributed by atoms with Crippen molar-refractivity contribution < 1.29 is 19.4 Å². The summed E-state index contributed by atoms with van der Waals surface area (Å²) < 4.78 is 17.5. The number of aliphatic hydroxyl groups excluding tert-OH is 2. The van der Waals surface area contributed by atoms with E-state index in [0.717, 1.165) is 24.7 Å². The average Bonchev–Trinajstić information content (AvgIpc) is 3.43. The molecule has 29 heavy (non-hydrogen) atoms. The third-order valence-corrected chi connectivity index (χ3v) is 5.97. The minimum atomic E-state index is -0.764. The Morgan fingerprint density at radius 3 is 2.62 bits per heavy atom. The molecule has 1 aromatic rings. The number of nitrogens with zero attached hydrogens (tertiary/aromatic N) is 1. The predicted molar refractivity (Wildman–Crippen MR) is 116 cm³/mol. The molecule has 2 rings (SSSR count). The third-order valence-electron chi connectivity index (χ3n) is 4.64. The smallest absolute Gasteiger partial charge is 0.146 e. The van der Waals surface area contributed by atoms with E-state index in [1.54, 1.807) is 24.0 Å². The maximum atomic E-state index is 14.4. The van der Waals surface area contributed by atoms with Gasteiger partial charge in [-0.05, 0) is 74.4 Å². The number of aryl methyl sites for hydroxylation is 1. The number of nitrogens with one attached hydrogen (secondary N) is 2. The Hall–Kier alpha value is -2.03. The van der Waals surface area contributed by atoms with Crippen LogP contribution in [0.4, 0.5) is 10.1 Å². The second kappa shape index (κ2) is 10.1. The van der Waals surface area contributed by atoms with Gasteiger partial charge in [0, 0.05) is 18.8 Å². The lowest BCUT2D eigenvalue weighted by Crippen LogP contribution is -2.27. The molecule has 6 nitrogen and oxygen atoms in total. The Kier molecular flexibility index (Phi) is 8.13. The summed E-state index contributed by atoms with van der Waals surface area (Å²) in [7, 11) is 3.65. The summed E-state index contributed by atoms with van der Waals surface area (Å²) in [5.41, 5.74) is 2.29. The lowest BCUT2D eigenvalue weighted by molar-refractivity contribution is -0.104. The van der Waals surface area contributed by atoms with Gasteiger partial charge in [-0.25, -0.2) is 4.39 Å². The molecule has 8 heteroatoms. The Bertz CT molecular complexity index is 791. The average molecular weight is 424 g/mol. The number of rotatable bonds is 11. The molecule has 0 amide bonds. The molecule has 1 fully saturated rings. The molecule has 0 aliphatic heterocycles. The van der Waals surface area contributed by atoms with E-state index in [1.165, 1.54) is 18.0 Å². The molecule has 0 spiro atoms. The van der Waals surface area contributed by atoms with Crippen molar-refractivity contribution >= 4 is 23.9 Å². The van der Waals surface area contributed by atoms with Gasteiger partial charge in [0.15, 0.2) is 0 Å². The molecule has 0 radical (unpaired) electrons. The number of allylic oxidation sites excluding steroid dienone is 2. The van der Waals surface area contributed by atoms with E-state index in [0.29, 0.717) is 29.2 Å². The quantitative estimate of drug-likeness (QED) is 0.188. The molecule has 1 saturated carbocycles. The number of benzene rings is 1. The number of carbonyl (C=O) groups is 1. The topological polar surface area (TPSA) is 84.8 Å². The first kappa shape index (κ1) is 23.3. The number of hydrogen-bond donors (Lipinski definition) is 4. The minimum absolute atomic E-state index is 0.164. The van der Waals surface area contributed by atoms with Crippen LogP contribution in [0.2, 0.25) is 0 Å². The van der Waals surface area contributed by atoms with Crippen molar-refractivity contribution in [2.45, 2.75) is 44.0 Å². The molecule has 0 aromatic heterocycles. The third kappa shape index (κ3) is 6.76. The van der Waals surface area contributed by atoms with Gasteiger partial charge in [0.2, 0.25) is 0 Å². The zero-order chi connectivity index (χ0) is 21.6. The SMILES string of the molecule is C/C(C=O)=C/C(NSC1(CC(O)CO)CC1)=C(/Nc1ccc(C)cc1F)N(C)C. The second-order valence-electron chi connectivity index (χ2n) is 7.70. The zero-order valence-corrected chi connectivity index (χ0v) is 18.1. The van der Waals surface area contributed by atoms with Gasteiger partial charge in [0.1, 0.15) is 17.9 Å². The summed E-state index contributed by atoms with van der Waals surface area (Å²) >= 11 is 1.46.